The summed E-state index contributed by atoms with van der Waals surface area (Å²) in [5, 5.41) is 2.87. The second-order valence-corrected chi connectivity index (χ2v) is 8.96. The molecule has 0 bridgehead atoms. The molecule has 0 spiro atoms. The van der Waals surface area contributed by atoms with Crippen molar-refractivity contribution in [2.24, 2.45) is 0 Å². The Kier molecular flexibility index (Phi) is 5.11. The van der Waals surface area contributed by atoms with E-state index in [1.807, 2.05) is 6.07 Å². The van der Waals surface area contributed by atoms with Gasteiger partial charge in [0.25, 0.3) is 5.91 Å². The predicted molar refractivity (Wildman–Crippen MR) is 94.1 cm³/mol. The summed E-state index contributed by atoms with van der Waals surface area (Å²) >= 11 is 0. The molecule has 2 heterocycles. The summed E-state index contributed by atoms with van der Waals surface area (Å²) in [7, 11) is -3.35. The molecule has 9 heteroatoms. The van der Waals surface area contributed by atoms with Gasteiger partial charge < -0.3 is 19.5 Å². The highest BCUT2D eigenvalue weighted by Crippen LogP contribution is 2.43. The lowest BCUT2D eigenvalue weighted by atomic mass is 9.96. The predicted octanol–water partition coefficient (Wildman–Crippen LogP) is 0.255. The molecule has 2 aliphatic rings. The Morgan fingerprint density at radius 1 is 1.27 bits per heavy atom. The van der Waals surface area contributed by atoms with Gasteiger partial charge in [-0.15, -0.1) is 0 Å². The SMILES string of the molecule is CC1(C)O[C@@H]2[C@@H](CNS(C)(=O)=O)OC[C@]2(CNC(=O)c2ccccc2)O1. The second-order valence-electron chi connectivity index (χ2n) is 7.12. The van der Waals surface area contributed by atoms with Crippen LogP contribution in [0.4, 0.5) is 0 Å². The standard InChI is InChI=1S/C17H24N2O6S/c1-16(2)24-14-13(9-19-26(3,21)22)23-11-17(14,25-16)10-18-15(20)12-7-5-4-6-8-12/h4-8,13-14,19H,9-11H2,1-3H3,(H,18,20)/t13-,14-,17+/m1/s1. The second kappa shape index (κ2) is 6.90. The number of ether oxygens (including phenoxy) is 3. The lowest BCUT2D eigenvalue weighted by Gasteiger charge is -2.27. The minimum atomic E-state index is -3.35. The van der Waals surface area contributed by atoms with E-state index >= 15 is 0 Å². The number of nitrogens with one attached hydrogen (secondary N) is 2. The van der Waals surface area contributed by atoms with Crippen molar-refractivity contribution in [1.29, 1.82) is 0 Å². The van der Waals surface area contributed by atoms with Crippen molar-refractivity contribution in [3.8, 4) is 0 Å². The number of benzene rings is 1. The quantitative estimate of drug-likeness (QED) is 0.729. The monoisotopic (exact) mass is 384 g/mol. The molecule has 2 saturated heterocycles. The number of sulfonamides is 1. The number of hydrogen-bond acceptors (Lipinski definition) is 6. The minimum Gasteiger partial charge on any atom is -0.371 e. The zero-order chi connectivity index (χ0) is 19.0. The molecule has 3 atom stereocenters. The molecule has 2 fully saturated rings. The zero-order valence-electron chi connectivity index (χ0n) is 15.0. The van der Waals surface area contributed by atoms with E-state index in [4.69, 9.17) is 14.2 Å². The first kappa shape index (κ1) is 19.2. The van der Waals surface area contributed by atoms with Gasteiger partial charge in [-0.25, -0.2) is 13.1 Å². The number of fused-ring (bicyclic) bond motifs is 1. The van der Waals surface area contributed by atoms with Gasteiger partial charge in [-0.3, -0.25) is 4.79 Å². The fraction of sp³-hybridized carbons (Fsp3) is 0.588. The smallest absolute Gasteiger partial charge is 0.251 e. The van der Waals surface area contributed by atoms with Crippen LogP contribution in [0.2, 0.25) is 0 Å². The molecule has 144 valence electrons. The summed E-state index contributed by atoms with van der Waals surface area (Å²) in [5.74, 6) is -1.07. The van der Waals surface area contributed by atoms with Crippen LogP contribution in [0.25, 0.3) is 0 Å². The summed E-state index contributed by atoms with van der Waals surface area (Å²) in [6.07, 6.45) is 0.0913. The van der Waals surface area contributed by atoms with Gasteiger partial charge >= 0.3 is 0 Å². The van der Waals surface area contributed by atoms with Crippen LogP contribution in [0, 0.1) is 0 Å². The molecule has 3 rings (SSSR count). The lowest BCUT2D eigenvalue weighted by Crippen LogP contribution is -2.52. The van der Waals surface area contributed by atoms with Crippen molar-refractivity contribution in [1.82, 2.24) is 10.0 Å². The number of carbonyl (C=O) groups is 1. The molecule has 1 aromatic rings. The first-order valence-corrected chi connectivity index (χ1v) is 10.3. The van der Waals surface area contributed by atoms with Crippen LogP contribution in [0.5, 0.6) is 0 Å². The highest BCUT2D eigenvalue weighted by Gasteiger charge is 2.60. The fourth-order valence-electron chi connectivity index (χ4n) is 3.36. The largest absolute Gasteiger partial charge is 0.371 e. The Morgan fingerprint density at radius 3 is 2.62 bits per heavy atom. The maximum absolute atomic E-state index is 12.3. The van der Waals surface area contributed by atoms with E-state index in [-0.39, 0.29) is 25.6 Å². The van der Waals surface area contributed by atoms with Gasteiger partial charge in [-0.1, -0.05) is 18.2 Å². The fourth-order valence-corrected chi connectivity index (χ4v) is 3.82. The third-order valence-corrected chi connectivity index (χ3v) is 5.08. The van der Waals surface area contributed by atoms with E-state index in [1.54, 1.807) is 38.1 Å². The van der Waals surface area contributed by atoms with Gasteiger partial charge in [0, 0.05) is 12.1 Å². The summed E-state index contributed by atoms with van der Waals surface area (Å²) in [6.45, 7) is 4.05. The molecule has 0 radical (unpaired) electrons. The molecule has 2 aliphatic heterocycles. The van der Waals surface area contributed by atoms with E-state index in [1.165, 1.54) is 0 Å². The van der Waals surface area contributed by atoms with E-state index < -0.39 is 33.6 Å². The van der Waals surface area contributed by atoms with Crippen molar-refractivity contribution in [2.75, 3.05) is 26.0 Å². The van der Waals surface area contributed by atoms with Crippen LogP contribution in [-0.4, -0.2) is 63.9 Å². The summed E-state index contributed by atoms with van der Waals surface area (Å²) < 4.78 is 42.9. The molecule has 0 saturated carbocycles. The minimum absolute atomic E-state index is 0.0807. The van der Waals surface area contributed by atoms with E-state index in [0.29, 0.717) is 5.56 Å². The highest BCUT2D eigenvalue weighted by atomic mass is 32.2. The Labute approximate surface area is 153 Å². The van der Waals surface area contributed by atoms with E-state index in [2.05, 4.69) is 10.0 Å². The number of amides is 1. The van der Waals surface area contributed by atoms with Gasteiger partial charge in [-0.2, -0.15) is 0 Å². The maximum Gasteiger partial charge on any atom is 0.251 e. The van der Waals surface area contributed by atoms with Crippen LogP contribution in [0.15, 0.2) is 30.3 Å². The van der Waals surface area contributed by atoms with Crippen molar-refractivity contribution >= 4 is 15.9 Å². The van der Waals surface area contributed by atoms with Crippen molar-refractivity contribution < 1.29 is 27.4 Å². The zero-order valence-corrected chi connectivity index (χ0v) is 15.8. The molecule has 8 nitrogen and oxygen atoms in total. The first-order chi connectivity index (χ1) is 12.1. The van der Waals surface area contributed by atoms with Gasteiger partial charge in [0.05, 0.1) is 19.4 Å². The molecule has 0 aromatic heterocycles. The Morgan fingerprint density at radius 2 is 1.96 bits per heavy atom. The Bertz CT molecular complexity index is 767. The number of rotatable bonds is 6. The lowest BCUT2D eigenvalue weighted by molar-refractivity contribution is -0.188. The molecule has 1 amide bonds. The van der Waals surface area contributed by atoms with Crippen LogP contribution < -0.4 is 10.0 Å². The third kappa shape index (κ3) is 4.24. The van der Waals surface area contributed by atoms with Crippen molar-refractivity contribution in [3.63, 3.8) is 0 Å². The Balaban J connectivity index is 1.70. The molecule has 0 unspecified atom stereocenters. The first-order valence-electron chi connectivity index (χ1n) is 8.38. The topological polar surface area (TPSA) is 103 Å². The summed E-state index contributed by atoms with van der Waals surface area (Å²) in [4.78, 5) is 12.3. The van der Waals surface area contributed by atoms with Gasteiger partial charge in [0.2, 0.25) is 10.0 Å². The molecular formula is C17H24N2O6S. The molecule has 1 aromatic carbocycles. The number of hydrogen-bond donors (Lipinski definition) is 2. The maximum atomic E-state index is 12.3. The van der Waals surface area contributed by atoms with E-state index in [0.717, 1.165) is 6.26 Å². The van der Waals surface area contributed by atoms with Gasteiger partial charge in [0.1, 0.15) is 17.8 Å². The van der Waals surface area contributed by atoms with Crippen LogP contribution in [-0.2, 0) is 24.2 Å². The summed E-state index contributed by atoms with van der Waals surface area (Å²) in [6, 6.07) is 8.88. The van der Waals surface area contributed by atoms with Gasteiger partial charge in [0.15, 0.2) is 5.79 Å². The van der Waals surface area contributed by atoms with Crippen LogP contribution >= 0.6 is 0 Å². The third-order valence-electron chi connectivity index (χ3n) is 4.39. The molecule has 0 aliphatic carbocycles. The molecule has 2 N–H and O–H groups in total. The van der Waals surface area contributed by atoms with Crippen molar-refractivity contribution in [3.05, 3.63) is 35.9 Å². The van der Waals surface area contributed by atoms with Gasteiger partial charge in [-0.05, 0) is 26.0 Å². The van der Waals surface area contributed by atoms with E-state index in [9.17, 15) is 13.2 Å². The average molecular weight is 384 g/mol. The normalized spacial score (nSPS) is 30.1. The molecule has 26 heavy (non-hydrogen) atoms. The Hall–Kier alpha value is -1.52. The van der Waals surface area contributed by atoms with Crippen LogP contribution in [0.3, 0.4) is 0 Å². The summed E-state index contributed by atoms with van der Waals surface area (Å²) in [5.41, 5.74) is -0.314. The van der Waals surface area contributed by atoms with Crippen LogP contribution in [0.1, 0.15) is 24.2 Å². The number of carbonyl (C=O) groups excluding carboxylic acids is 1. The average Bonchev–Trinajstić information content (AvgIpc) is 3.01. The molecular weight excluding hydrogens is 360 g/mol. The highest BCUT2D eigenvalue weighted by molar-refractivity contribution is 7.88. The van der Waals surface area contributed by atoms with Crippen molar-refractivity contribution in [2.45, 2.75) is 37.4 Å².